The van der Waals surface area contributed by atoms with Gasteiger partial charge in [-0.3, -0.25) is 9.69 Å². The third-order valence-electron chi connectivity index (χ3n) is 6.42. The third-order valence-corrected chi connectivity index (χ3v) is 8.31. The molecule has 2 aliphatic heterocycles. The van der Waals surface area contributed by atoms with Crippen molar-refractivity contribution in [2.24, 2.45) is 5.92 Å². The number of hydrogen-bond donors (Lipinski definition) is 1. The number of nitrogens with one attached hydrogen (secondary N) is 1. The summed E-state index contributed by atoms with van der Waals surface area (Å²) in [6, 6.07) is 12.2. The van der Waals surface area contributed by atoms with Gasteiger partial charge in [0.1, 0.15) is 0 Å². The van der Waals surface area contributed by atoms with E-state index < -0.39 is 21.7 Å². The van der Waals surface area contributed by atoms with Crippen LogP contribution in [0.1, 0.15) is 24.4 Å². The molecule has 1 N–H and O–H groups in total. The average molecular weight is 494 g/mol. The maximum Gasteiger partial charge on any atom is 0.243 e. The molecule has 2 aromatic rings. The van der Waals surface area contributed by atoms with Crippen LogP contribution in [-0.2, 0) is 19.6 Å². The molecule has 0 aliphatic carbocycles. The maximum absolute atomic E-state index is 13.6. The van der Waals surface area contributed by atoms with E-state index in [4.69, 9.17) is 4.74 Å². The third kappa shape index (κ3) is 5.80. The van der Waals surface area contributed by atoms with E-state index in [1.54, 1.807) is 0 Å². The summed E-state index contributed by atoms with van der Waals surface area (Å²) in [5.74, 6) is -2.73. The molecule has 0 aromatic heterocycles. The van der Waals surface area contributed by atoms with E-state index in [1.165, 1.54) is 4.31 Å². The SMILES string of the molecule is O=C(NC(CN1CCOCC1)c1ccccc1)C1CCN(S(=O)(=O)c2ccc(F)c(F)c2)CC1. The highest BCUT2D eigenvalue weighted by Crippen LogP contribution is 2.26. The number of halogens is 2. The summed E-state index contributed by atoms with van der Waals surface area (Å²) in [5, 5.41) is 3.17. The number of carbonyl (C=O) groups excluding carboxylic acids is 1. The van der Waals surface area contributed by atoms with Crippen LogP contribution in [0.25, 0.3) is 0 Å². The van der Waals surface area contributed by atoms with Crippen LogP contribution < -0.4 is 5.32 Å². The van der Waals surface area contributed by atoms with Crippen LogP contribution in [0, 0.1) is 17.6 Å². The summed E-state index contributed by atoms with van der Waals surface area (Å²) in [5.41, 5.74) is 1.01. The Labute approximate surface area is 198 Å². The van der Waals surface area contributed by atoms with Crippen LogP contribution in [0.4, 0.5) is 8.78 Å². The summed E-state index contributed by atoms with van der Waals surface area (Å²) >= 11 is 0. The molecule has 2 saturated heterocycles. The Balaban J connectivity index is 1.38. The van der Waals surface area contributed by atoms with Crippen molar-refractivity contribution in [3.63, 3.8) is 0 Å². The lowest BCUT2D eigenvalue weighted by Crippen LogP contribution is -2.46. The molecule has 10 heteroatoms. The van der Waals surface area contributed by atoms with Gasteiger partial charge in [-0.05, 0) is 36.6 Å². The van der Waals surface area contributed by atoms with E-state index >= 15 is 0 Å². The first-order valence-corrected chi connectivity index (χ1v) is 12.9. The number of rotatable bonds is 7. The highest BCUT2D eigenvalue weighted by molar-refractivity contribution is 7.89. The van der Waals surface area contributed by atoms with Gasteiger partial charge in [-0.2, -0.15) is 4.31 Å². The monoisotopic (exact) mass is 493 g/mol. The minimum Gasteiger partial charge on any atom is -0.379 e. The van der Waals surface area contributed by atoms with Gasteiger partial charge >= 0.3 is 0 Å². The largest absolute Gasteiger partial charge is 0.379 e. The molecule has 2 aromatic carbocycles. The first kappa shape index (κ1) is 24.7. The van der Waals surface area contributed by atoms with Crippen LogP contribution in [-0.4, -0.2) is 69.5 Å². The first-order chi connectivity index (χ1) is 16.3. The summed E-state index contributed by atoms with van der Waals surface area (Å²) in [6.45, 7) is 3.89. The fourth-order valence-corrected chi connectivity index (χ4v) is 5.88. The molecule has 1 amide bonds. The van der Waals surface area contributed by atoms with E-state index in [-0.39, 0.29) is 35.9 Å². The summed E-state index contributed by atoms with van der Waals surface area (Å²) in [4.78, 5) is 15.1. The van der Waals surface area contributed by atoms with Gasteiger partial charge in [0.2, 0.25) is 15.9 Å². The number of sulfonamides is 1. The quantitative estimate of drug-likeness (QED) is 0.642. The number of carbonyl (C=O) groups is 1. The lowest BCUT2D eigenvalue weighted by atomic mass is 9.96. The van der Waals surface area contributed by atoms with Crippen molar-refractivity contribution < 1.29 is 26.7 Å². The van der Waals surface area contributed by atoms with Gasteiger partial charge in [0.15, 0.2) is 11.6 Å². The molecule has 0 radical (unpaired) electrons. The van der Waals surface area contributed by atoms with Crippen molar-refractivity contribution in [3.05, 3.63) is 65.7 Å². The minimum atomic E-state index is -3.96. The molecule has 2 heterocycles. The zero-order valence-electron chi connectivity index (χ0n) is 18.8. The van der Waals surface area contributed by atoms with Crippen molar-refractivity contribution in [3.8, 4) is 0 Å². The zero-order chi connectivity index (χ0) is 24.1. The molecule has 34 heavy (non-hydrogen) atoms. The second kappa shape index (κ2) is 10.9. The Hall–Kier alpha value is -2.40. The van der Waals surface area contributed by atoms with E-state index in [0.717, 1.165) is 30.8 Å². The lowest BCUT2D eigenvalue weighted by Gasteiger charge is -2.34. The van der Waals surface area contributed by atoms with Crippen LogP contribution >= 0.6 is 0 Å². The van der Waals surface area contributed by atoms with Crippen molar-refractivity contribution in [2.45, 2.75) is 23.8 Å². The number of hydrogen-bond acceptors (Lipinski definition) is 5. The molecular formula is C24H29F2N3O4S. The van der Waals surface area contributed by atoms with Gasteiger partial charge in [0, 0.05) is 38.6 Å². The number of ether oxygens (including phenoxy) is 1. The second-order valence-corrected chi connectivity index (χ2v) is 10.6. The van der Waals surface area contributed by atoms with E-state index in [9.17, 15) is 22.0 Å². The van der Waals surface area contributed by atoms with Crippen LogP contribution in [0.2, 0.25) is 0 Å². The van der Waals surface area contributed by atoms with E-state index in [2.05, 4.69) is 10.2 Å². The maximum atomic E-state index is 13.6. The Morgan fingerprint density at radius 2 is 1.68 bits per heavy atom. The molecular weight excluding hydrogens is 464 g/mol. The second-order valence-electron chi connectivity index (χ2n) is 8.64. The molecule has 1 unspecified atom stereocenters. The molecule has 2 fully saturated rings. The van der Waals surface area contributed by atoms with Crippen LogP contribution in [0.3, 0.4) is 0 Å². The topological polar surface area (TPSA) is 79.0 Å². The normalized spacial score (nSPS) is 19.6. The Kier molecular flexibility index (Phi) is 7.92. The van der Waals surface area contributed by atoms with Crippen molar-refractivity contribution in [1.29, 1.82) is 0 Å². The average Bonchev–Trinajstić information content (AvgIpc) is 2.86. The molecule has 4 rings (SSSR count). The number of nitrogens with zero attached hydrogens (tertiary/aromatic N) is 2. The number of benzene rings is 2. The van der Waals surface area contributed by atoms with Crippen LogP contribution in [0.15, 0.2) is 53.4 Å². The van der Waals surface area contributed by atoms with E-state index in [1.807, 2.05) is 30.3 Å². The minimum absolute atomic E-state index is 0.105. The van der Waals surface area contributed by atoms with Gasteiger partial charge < -0.3 is 10.1 Å². The standard InChI is InChI=1S/C24H29F2N3O4S/c25-21-7-6-20(16-22(21)26)34(31,32)29-10-8-19(9-11-29)24(30)27-23(18-4-2-1-3-5-18)17-28-12-14-33-15-13-28/h1-7,16,19,23H,8-15,17H2,(H,27,30). The summed E-state index contributed by atoms with van der Waals surface area (Å²) in [7, 11) is -3.96. The predicted octanol–water partition coefficient (Wildman–Crippen LogP) is 2.56. The summed E-state index contributed by atoms with van der Waals surface area (Å²) < 4.78 is 59.1. The van der Waals surface area contributed by atoms with Gasteiger partial charge in [0.05, 0.1) is 24.2 Å². The Morgan fingerprint density at radius 3 is 2.32 bits per heavy atom. The number of morpholine rings is 1. The van der Waals surface area contributed by atoms with Crippen molar-refractivity contribution in [2.75, 3.05) is 45.9 Å². The van der Waals surface area contributed by atoms with Gasteiger partial charge in [-0.25, -0.2) is 17.2 Å². The molecule has 184 valence electrons. The molecule has 0 bridgehead atoms. The Morgan fingerprint density at radius 1 is 1.00 bits per heavy atom. The fraction of sp³-hybridized carbons (Fsp3) is 0.458. The highest BCUT2D eigenvalue weighted by Gasteiger charge is 2.33. The highest BCUT2D eigenvalue weighted by atomic mass is 32.2. The van der Waals surface area contributed by atoms with Crippen molar-refractivity contribution in [1.82, 2.24) is 14.5 Å². The predicted molar refractivity (Wildman–Crippen MR) is 122 cm³/mol. The van der Waals surface area contributed by atoms with E-state index in [0.29, 0.717) is 38.7 Å². The van der Waals surface area contributed by atoms with Crippen molar-refractivity contribution >= 4 is 15.9 Å². The zero-order valence-corrected chi connectivity index (χ0v) is 19.6. The fourth-order valence-electron chi connectivity index (χ4n) is 4.40. The van der Waals surface area contributed by atoms with Gasteiger partial charge in [-0.1, -0.05) is 30.3 Å². The molecule has 7 nitrogen and oxygen atoms in total. The molecule has 0 spiro atoms. The smallest absolute Gasteiger partial charge is 0.243 e. The van der Waals surface area contributed by atoms with Gasteiger partial charge in [-0.15, -0.1) is 0 Å². The Bertz CT molecular complexity index is 1090. The van der Waals surface area contributed by atoms with Gasteiger partial charge in [0.25, 0.3) is 0 Å². The number of amides is 1. The number of piperidine rings is 1. The molecule has 0 saturated carbocycles. The lowest BCUT2D eigenvalue weighted by molar-refractivity contribution is -0.127. The first-order valence-electron chi connectivity index (χ1n) is 11.5. The molecule has 2 aliphatic rings. The van der Waals surface area contributed by atoms with Crippen LogP contribution in [0.5, 0.6) is 0 Å². The summed E-state index contributed by atoms with van der Waals surface area (Å²) in [6.07, 6.45) is 0.710. The molecule has 1 atom stereocenters.